The Morgan fingerprint density at radius 1 is 1.53 bits per heavy atom. The third-order valence-electron chi connectivity index (χ3n) is 3.18. The van der Waals surface area contributed by atoms with Gasteiger partial charge in [-0.25, -0.2) is 0 Å². The minimum atomic E-state index is 0.322. The predicted molar refractivity (Wildman–Crippen MR) is 69.7 cm³/mol. The number of rotatable bonds is 4. The van der Waals surface area contributed by atoms with Gasteiger partial charge in [0.05, 0.1) is 0 Å². The highest BCUT2D eigenvalue weighted by atomic mass is 35.5. The van der Waals surface area contributed by atoms with Crippen LogP contribution in [0, 0.1) is 0 Å². The predicted octanol–water partition coefficient (Wildman–Crippen LogP) is 3.67. The Morgan fingerprint density at radius 3 is 3.00 bits per heavy atom. The lowest BCUT2D eigenvalue weighted by Crippen LogP contribution is -2.11. The Balaban J connectivity index is 1.84. The second-order valence-corrected chi connectivity index (χ2v) is 5.77. The molecule has 1 aliphatic carbocycles. The summed E-state index contributed by atoms with van der Waals surface area (Å²) in [5.41, 5.74) is 1.36. The maximum absolute atomic E-state index is 6.14. The molecule has 1 atom stereocenters. The number of halogens is 1. The van der Waals surface area contributed by atoms with Crippen LogP contribution in [-0.2, 0) is 6.42 Å². The van der Waals surface area contributed by atoms with Crippen molar-refractivity contribution in [2.24, 2.45) is 0 Å². The van der Waals surface area contributed by atoms with Crippen molar-refractivity contribution in [3.63, 3.8) is 0 Å². The molecular weight excluding hydrogens is 254 g/mol. The molecular formula is C12H14ClN3S. The van der Waals surface area contributed by atoms with Gasteiger partial charge in [0, 0.05) is 12.0 Å². The highest BCUT2D eigenvalue weighted by molar-refractivity contribution is 7.07. The number of thiophene rings is 1. The van der Waals surface area contributed by atoms with Gasteiger partial charge in [-0.3, -0.25) is 4.57 Å². The number of nitrogens with zero attached hydrogens (tertiary/aromatic N) is 3. The second-order valence-electron chi connectivity index (χ2n) is 4.66. The molecule has 1 unspecified atom stereocenters. The fraction of sp³-hybridized carbons (Fsp3) is 0.500. The highest BCUT2D eigenvalue weighted by Gasteiger charge is 2.31. The molecule has 90 valence electrons. The van der Waals surface area contributed by atoms with Gasteiger partial charge in [0.25, 0.3) is 0 Å². The molecule has 0 amide bonds. The molecule has 2 heterocycles. The average molecular weight is 268 g/mol. The normalized spacial score (nSPS) is 17.3. The quantitative estimate of drug-likeness (QED) is 0.846. The number of aromatic nitrogens is 3. The minimum Gasteiger partial charge on any atom is -0.298 e. The van der Waals surface area contributed by atoms with E-state index in [4.69, 9.17) is 11.6 Å². The van der Waals surface area contributed by atoms with Crippen molar-refractivity contribution in [3.05, 3.63) is 33.5 Å². The molecule has 3 nitrogen and oxygen atoms in total. The molecule has 0 aromatic carbocycles. The van der Waals surface area contributed by atoms with E-state index in [0.29, 0.717) is 17.2 Å². The van der Waals surface area contributed by atoms with Crippen LogP contribution in [-0.4, -0.2) is 14.8 Å². The molecule has 1 saturated carbocycles. The lowest BCUT2D eigenvalue weighted by atomic mass is 10.1. The van der Waals surface area contributed by atoms with Crippen LogP contribution >= 0.6 is 22.9 Å². The Morgan fingerprint density at radius 2 is 2.35 bits per heavy atom. The van der Waals surface area contributed by atoms with E-state index in [1.165, 1.54) is 18.4 Å². The monoisotopic (exact) mass is 267 g/mol. The highest BCUT2D eigenvalue weighted by Crippen LogP contribution is 2.40. The fourth-order valence-corrected chi connectivity index (χ4v) is 3.12. The molecule has 1 aliphatic rings. The second kappa shape index (κ2) is 4.42. The van der Waals surface area contributed by atoms with Gasteiger partial charge in [-0.05, 0) is 60.2 Å². The molecule has 0 N–H and O–H groups in total. The molecule has 17 heavy (non-hydrogen) atoms. The van der Waals surface area contributed by atoms with Crippen LogP contribution in [0.2, 0.25) is 5.28 Å². The molecule has 3 rings (SSSR count). The van der Waals surface area contributed by atoms with Crippen molar-refractivity contribution in [1.29, 1.82) is 0 Å². The molecule has 1 fully saturated rings. The molecule has 2 aromatic heterocycles. The van der Waals surface area contributed by atoms with Crippen molar-refractivity contribution in [2.75, 3.05) is 0 Å². The molecule has 0 saturated heterocycles. The zero-order valence-electron chi connectivity index (χ0n) is 9.64. The van der Waals surface area contributed by atoms with Gasteiger partial charge in [-0.1, -0.05) is 0 Å². The third-order valence-corrected chi connectivity index (χ3v) is 4.16. The zero-order chi connectivity index (χ0) is 11.8. The topological polar surface area (TPSA) is 30.7 Å². The van der Waals surface area contributed by atoms with Crippen LogP contribution in [0.1, 0.15) is 43.1 Å². The first-order valence-corrected chi connectivity index (χ1v) is 7.19. The number of hydrogen-bond donors (Lipinski definition) is 0. The van der Waals surface area contributed by atoms with Crippen LogP contribution in [0.3, 0.4) is 0 Å². The van der Waals surface area contributed by atoms with E-state index in [1.54, 1.807) is 11.3 Å². The summed E-state index contributed by atoms with van der Waals surface area (Å²) >= 11 is 7.88. The number of hydrogen-bond acceptors (Lipinski definition) is 3. The van der Waals surface area contributed by atoms with E-state index in [0.717, 1.165) is 12.2 Å². The summed E-state index contributed by atoms with van der Waals surface area (Å²) in [6, 6.07) is 2.48. The van der Waals surface area contributed by atoms with Gasteiger partial charge in [-0.2, -0.15) is 11.3 Å². The SMILES string of the molecule is CC(Cc1ccsc1)n1c(Cl)nnc1C1CC1. The van der Waals surface area contributed by atoms with Crippen LogP contribution < -0.4 is 0 Å². The molecule has 0 aliphatic heterocycles. The maximum atomic E-state index is 6.14. The summed E-state index contributed by atoms with van der Waals surface area (Å²) in [5, 5.41) is 13.0. The Labute approximate surface area is 109 Å². The van der Waals surface area contributed by atoms with Crippen LogP contribution in [0.4, 0.5) is 0 Å². The Bertz CT molecular complexity index is 502. The van der Waals surface area contributed by atoms with Crippen molar-refractivity contribution >= 4 is 22.9 Å². The van der Waals surface area contributed by atoms with E-state index in [1.807, 2.05) is 0 Å². The van der Waals surface area contributed by atoms with E-state index >= 15 is 0 Å². The third kappa shape index (κ3) is 2.24. The van der Waals surface area contributed by atoms with E-state index in [9.17, 15) is 0 Å². The van der Waals surface area contributed by atoms with Gasteiger partial charge < -0.3 is 0 Å². The van der Waals surface area contributed by atoms with Gasteiger partial charge in [0.2, 0.25) is 5.28 Å². The summed E-state index contributed by atoms with van der Waals surface area (Å²) in [5.74, 6) is 1.65. The molecule has 0 spiro atoms. The van der Waals surface area contributed by atoms with Crippen molar-refractivity contribution in [1.82, 2.24) is 14.8 Å². The lowest BCUT2D eigenvalue weighted by Gasteiger charge is -2.15. The largest absolute Gasteiger partial charge is 0.298 e. The van der Waals surface area contributed by atoms with Crippen molar-refractivity contribution in [3.8, 4) is 0 Å². The van der Waals surface area contributed by atoms with Crippen molar-refractivity contribution < 1.29 is 0 Å². The molecule has 0 radical (unpaired) electrons. The van der Waals surface area contributed by atoms with E-state index in [-0.39, 0.29) is 0 Å². The van der Waals surface area contributed by atoms with Crippen molar-refractivity contribution in [2.45, 2.75) is 38.1 Å². The van der Waals surface area contributed by atoms with E-state index in [2.05, 4.69) is 38.5 Å². The summed E-state index contributed by atoms with van der Waals surface area (Å²) in [6.07, 6.45) is 3.43. The van der Waals surface area contributed by atoms with Crippen LogP contribution in [0.5, 0.6) is 0 Å². The standard InChI is InChI=1S/C12H14ClN3S/c1-8(6-9-4-5-17-7-9)16-11(10-2-3-10)14-15-12(16)13/h4-5,7-8,10H,2-3,6H2,1H3. The van der Waals surface area contributed by atoms with Crippen LogP contribution in [0.15, 0.2) is 16.8 Å². The Hall–Kier alpha value is -0.870. The zero-order valence-corrected chi connectivity index (χ0v) is 11.2. The van der Waals surface area contributed by atoms with Gasteiger partial charge >= 0.3 is 0 Å². The molecule has 2 aromatic rings. The summed E-state index contributed by atoms with van der Waals surface area (Å²) in [4.78, 5) is 0. The summed E-state index contributed by atoms with van der Waals surface area (Å²) in [7, 11) is 0. The lowest BCUT2D eigenvalue weighted by molar-refractivity contribution is 0.522. The minimum absolute atomic E-state index is 0.322. The van der Waals surface area contributed by atoms with Gasteiger partial charge in [-0.15, -0.1) is 10.2 Å². The van der Waals surface area contributed by atoms with Gasteiger partial charge in [0.15, 0.2) is 0 Å². The van der Waals surface area contributed by atoms with Gasteiger partial charge in [0.1, 0.15) is 5.82 Å². The smallest absolute Gasteiger partial charge is 0.225 e. The summed E-state index contributed by atoms with van der Waals surface area (Å²) in [6.45, 7) is 2.18. The Kier molecular flexibility index (Phi) is 2.92. The fourth-order valence-electron chi connectivity index (χ4n) is 2.15. The maximum Gasteiger partial charge on any atom is 0.225 e. The first-order chi connectivity index (χ1) is 8.25. The van der Waals surface area contributed by atoms with Crippen LogP contribution in [0.25, 0.3) is 0 Å². The van der Waals surface area contributed by atoms with E-state index < -0.39 is 0 Å². The first kappa shape index (κ1) is 11.2. The first-order valence-electron chi connectivity index (χ1n) is 5.87. The average Bonchev–Trinajstić information content (AvgIpc) is 2.88. The summed E-state index contributed by atoms with van der Waals surface area (Å²) < 4.78 is 2.09. The molecule has 0 bridgehead atoms. The molecule has 5 heteroatoms.